The van der Waals surface area contributed by atoms with Crippen LogP contribution in [0.2, 0.25) is 0 Å². The molecule has 0 spiro atoms. The van der Waals surface area contributed by atoms with Crippen molar-refractivity contribution in [1.29, 1.82) is 0 Å². The van der Waals surface area contributed by atoms with Gasteiger partial charge in [0.15, 0.2) is 12.0 Å². The van der Waals surface area contributed by atoms with Gasteiger partial charge in [-0.15, -0.1) is 0 Å². The third-order valence-electron chi connectivity index (χ3n) is 2.57. The highest BCUT2D eigenvalue weighted by Crippen LogP contribution is 2.22. The van der Waals surface area contributed by atoms with Gasteiger partial charge in [0, 0.05) is 0 Å². The minimum Gasteiger partial charge on any atom is -0.443 e. The van der Waals surface area contributed by atoms with Crippen LogP contribution < -0.4 is 5.73 Å². The maximum atomic E-state index is 6.11. The Morgan fingerprint density at radius 2 is 2.24 bits per heavy atom. The van der Waals surface area contributed by atoms with Crippen molar-refractivity contribution in [2.45, 2.75) is 6.04 Å². The lowest BCUT2D eigenvalue weighted by molar-refractivity contribution is 0.601. The summed E-state index contributed by atoms with van der Waals surface area (Å²) in [5.74, 6) is 0.704. The first kappa shape index (κ1) is 10.5. The number of fused-ring (bicyclic) bond motifs is 1. The largest absolute Gasteiger partial charge is 0.443 e. The quantitative estimate of drug-likeness (QED) is 0.760. The van der Waals surface area contributed by atoms with Gasteiger partial charge in [-0.2, -0.15) is 0 Å². The van der Waals surface area contributed by atoms with Crippen molar-refractivity contribution in [3.05, 3.63) is 46.8 Å². The molecule has 0 radical (unpaired) electrons. The summed E-state index contributed by atoms with van der Waals surface area (Å²) in [7, 11) is 0. The van der Waals surface area contributed by atoms with Crippen molar-refractivity contribution in [2.24, 2.45) is 5.73 Å². The summed E-state index contributed by atoms with van der Waals surface area (Å²) < 4.78 is 6.05. The SMILES string of the molecule is NC(c1ccc2ncoc2c1)c1ncc(Br)[nH]1. The predicted molar refractivity (Wildman–Crippen MR) is 66.3 cm³/mol. The molecule has 0 aliphatic rings. The summed E-state index contributed by atoms with van der Waals surface area (Å²) in [4.78, 5) is 11.3. The van der Waals surface area contributed by atoms with Crippen LogP contribution in [0.25, 0.3) is 11.1 Å². The lowest BCUT2D eigenvalue weighted by atomic mass is 10.1. The zero-order valence-electron chi connectivity index (χ0n) is 8.72. The fourth-order valence-corrected chi connectivity index (χ4v) is 2.00. The van der Waals surface area contributed by atoms with Gasteiger partial charge < -0.3 is 15.1 Å². The van der Waals surface area contributed by atoms with Gasteiger partial charge in [-0.1, -0.05) is 6.07 Å². The van der Waals surface area contributed by atoms with Crippen LogP contribution in [0.15, 0.2) is 39.8 Å². The highest BCUT2D eigenvalue weighted by molar-refractivity contribution is 9.10. The molecule has 1 aromatic carbocycles. The third-order valence-corrected chi connectivity index (χ3v) is 2.98. The molecule has 0 aliphatic carbocycles. The zero-order valence-corrected chi connectivity index (χ0v) is 10.3. The number of imidazole rings is 1. The Kier molecular flexibility index (Phi) is 2.45. The summed E-state index contributed by atoms with van der Waals surface area (Å²) >= 11 is 3.30. The van der Waals surface area contributed by atoms with Gasteiger partial charge in [0.2, 0.25) is 0 Å². The molecule has 2 heterocycles. The molecule has 0 saturated heterocycles. The second-order valence-electron chi connectivity index (χ2n) is 3.67. The van der Waals surface area contributed by atoms with E-state index >= 15 is 0 Å². The molecule has 0 bridgehead atoms. The summed E-state index contributed by atoms with van der Waals surface area (Å²) in [5, 5.41) is 0. The molecule has 17 heavy (non-hydrogen) atoms. The number of aromatic amines is 1. The van der Waals surface area contributed by atoms with E-state index in [9.17, 15) is 0 Å². The average molecular weight is 293 g/mol. The van der Waals surface area contributed by atoms with E-state index in [2.05, 4.69) is 30.9 Å². The number of halogens is 1. The molecule has 1 atom stereocenters. The normalized spacial score (nSPS) is 13.1. The smallest absolute Gasteiger partial charge is 0.181 e. The first-order valence-electron chi connectivity index (χ1n) is 5.03. The maximum absolute atomic E-state index is 6.11. The monoisotopic (exact) mass is 292 g/mol. The van der Waals surface area contributed by atoms with Crippen LogP contribution in [-0.4, -0.2) is 15.0 Å². The summed E-state index contributed by atoms with van der Waals surface area (Å²) in [6.45, 7) is 0. The first-order chi connectivity index (χ1) is 8.24. The second-order valence-corrected chi connectivity index (χ2v) is 4.53. The molecule has 6 heteroatoms. The molecule has 2 aromatic heterocycles. The van der Waals surface area contributed by atoms with E-state index in [0.29, 0.717) is 5.82 Å². The number of nitrogens with zero attached hydrogens (tertiary/aromatic N) is 2. The van der Waals surface area contributed by atoms with Crippen molar-refractivity contribution in [1.82, 2.24) is 15.0 Å². The molecule has 3 aromatic rings. The summed E-state index contributed by atoms with van der Waals surface area (Å²) in [6, 6.07) is 5.37. The Morgan fingerprint density at radius 1 is 1.35 bits per heavy atom. The number of rotatable bonds is 2. The van der Waals surface area contributed by atoms with E-state index < -0.39 is 0 Å². The molecule has 1 unspecified atom stereocenters. The Morgan fingerprint density at radius 3 is 3.00 bits per heavy atom. The Bertz CT molecular complexity index is 660. The fraction of sp³-hybridized carbons (Fsp3) is 0.0909. The van der Waals surface area contributed by atoms with Crippen molar-refractivity contribution in [3.8, 4) is 0 Å². The van der Waals surface area contributed by atoms with Crippen molar-refractivity contribution in [3.63, 3.8) is 0 Å². The van der Waals surface area contributed by atoms with Gasteiger partial charge in [-0.3, -0.25) is 0 Å². The lowest BCUT2D eigenvalue weighted by Crippen LogP contribution is -2.13. The predicted octanol–water partition coefficient (Wildman–Crippen LogP) is 2.36. The van der Waals surface area contributed by atoms with Crippen LogP contribution in [0, 0.1) is 0 Å². The lowest BCUT2D eigenvalue weighted by Gasteiger charge is -2.08. The minimum absolute atomic E-state index is 0.309. The summed E-state index contributed by atoms with van der Waals surface area (Å²) in [5.41, 5.74) is 8.59. The molecule has 0 fully saturated rings. The number of benzene rings is 1. The molecule has 0 saturated carbocycles. The van der Waals surface area contributed by atoms with Gasteiger partial charge in [-0.25, -0.2) is 9.97 Å². The van der Waals surface area contributed by atoms with Crippen molar-refractivity contribution in [2.75, 3.05) is 0 Å². The third kappa shape index (κ3) is 1.85. The molecule has 86 valence electrons. The highest BCUT2D eigenvalue weighted by Gasteiger charge is 2.13. The van der Waals surface area contributed by atoms with E-state index in [0.717, 1.165) is 21.3 Å². The van der Waals surface area contributed by atoms with Crippen LogP contribution in [0.5, 0.6) is 0 Å². The maximum Gasteiger partial charge on any atom is 0.181 e. The van der Waals surface area contributed by atoms with Gasteiger partial charge in [0.1, 0.15) is 15.9 Å². The van der Waals surface area contributed by atoms with Gasteiger partial charge in [0.25, 0.3) is 0 Å². The molecule has 3 rings (SSSR count). The number of hydrogen-bond acceptors (Lipinski definition) is 4. The number of hydrogen-bond donors (Lipinski definition) is 2. The average Bonchev–Trinajstić information content (AvgIpc) is 2.95. The van der Waals surface area contributed by atoms with Gasteiger partial charge in [0.05, 0.1) is 12.2 Å². The standard InChI is InChI=1S/C11H9BrN4O/c12-9-4-14-11(16-9)10(13)6-1-2-7-8(3-6)17-5-15-7/h1-5,10H,13H2,(H,14,16). The van der Waals surface area contributed by atoms with E-state index in [4.69, 9.17) is 10.2 Å². The van der Waals surface area contributed by atoms with E-state index in [1.165, 1.54) is 6.39 Å². The fourth-order valence-electron chi connectivity index (χ4n) is 1.69. The van der Waals surface area contributed by atoms with Crippen LogP contribution >= 0.6 is 15.9 Å². The Balaban J connectivity index is 2.02. The van der Waals surface area contributed by atoms with E-state index in [-0.39, 0.29) is 6.04 Å². The van der Waals surface area contributed by atoms with Crippen LogP contribution in [-0.2, 0) is 0 Å². The van der Waals surface area contributed by atoms with Crippen LogP contribution in [0.1, 0.15) is 17.4 Å². The Hall–Kier alpha value is -1.66. The van der Waals surface area contributed by atoms with Crippen molar-refractivity contribution < 1.29 is 4.42 Å². The highest BCUT2D eigenvalue weighted by atomic mass is 79.9. The van der Waals surface area contributed by atoms with Crippen LogP contribution in [0.4, 0.5) is 0 Å². The molecular formula is C11H9BrN4O. The molecular weight excluding hydrogens is 284 g/mol. The minimum atomic E-state index is -0.309. The molecule has 5 nitrogen and oxygen atoms in total. The molecule has 0 aliphatic heterocycles. The van der Waals surface area contributed by atoms with E-state index in [1.807, 2.05) is 18.2 Å². The van der Waals surface area contributed by atoms with Gasteiger partial charge in [-0.05, 0) is 33.6 Å². The Labute approximate surface area is 105 Å². The molecule has 0 amide bonds. The summed E-state index contributed by atoms with van der Waals surface area (Å²) in [6.07, 6.45) is 3.10. The number of nitrogens with two attached hydrogens (primary N) is 1. The van der Waals surface area contributed by atoms with Crippen LogP contribution in [0.3, 0.4) is 0 Å². The zero-order chi connectivity index (χ0) is 11.8. The number of oxazole rings is 1. The van der Waals surface area contributed by atoms with E-state index in [1.54, 1.807) is 6.20 Å². The first-order valence-corrected chi connectivity index (χ1v) is 5.82. The van der Waals surface area contributed by atoms with Gasteiger partial charge >= 0.3 is 0 Å². The number of H-pyrrole nitrogens is 1. The topological polar surface area (TPSA) is 80.7 Å². The number of nitrogens with one attached hydrogen (secondary N) is 1. The molecule has 3 N–H and O–H groups in total. The van der Waals surface area contributed by atoms with Crippen molar-refractivity contribution >= 4 is 27.0 Å². The number of aromatic nitrogens is 3. The second kappa shape index (κ2) is 3.97.